The van der Waals surface area contributed by atoms with E-state index in [0.717, 1.165) is 11.1 Å². The van der Waals surface area contributed by atoms with Crippen molar-refractivity contribution in [2.24, 2.45) is 0 Å². The van der Waals surface area contributed by atoms with Crippen molar-refractivity contribution in [3.63, 3.8) is 0 Å². The molecule has 7 heteroatoms. The van der Waals surface area contributed by atoms with Crippen LogP contribution in [0.4, 0.5) is 0 Å². The molecule has 3 rings (SSSR count). The van der Waals surface area contributed by atoms with Gasteiger partial charge in [-0.3, -0.25) is 0 Å². The second-order valence-electron chi connectivity index (χ2n) is 4.39. The molecule has 0 saturated heterocycles. The van der Waals surface area contributed by atoms with Gasteiger partial charge in [-0.1, -0.05) is 53.0 Å². The zero-order chi connectivity index (χ0) is 14.8. The van der Waals surface area contributed by atoms with Gasteiger partial charge in [-0.25, -0.2) is 0 Å². The summed E-state index contributed by atoms with van der Waals surface area (Å²) in [4.78, 5) is 1.48. The van der Waals surface area contributed by atoms with E-state index < -0.39 is 0 Å². The topological polar surface area (TPSA) is 43.6 Å². The number of aromatic nitrogens is 4. The molecule has 0 N–H and O–H groups in total. The number of hydrogen-bond acceptors (Lipinski definition) is 3. The summed E-state index contributed by atoms with van der Waals surface area (Å²) >= 11 is 18.0. The summed E-state index contributed by atoms with van der Waals surface area (Å²) < 4.78 is 0. The zero-order valence-corrected chi connectivity index (χ0v) is 12.9. The van der Waals surface area contributed by atoms with Gasteiger partial charge in [-0.05, 0) is 35.0 Å². The van der Waals surface area contributed by atoms with Gasteiger partial charge in [-0.2, -0.15) is 4.80 Å². The molecule has 1 heterocycles. The number of benzene rings is 2. The van der Waals surface area contributed by atoms with Crippen LogP contribution in [0.3, 0.4) is 0 Å². The molecular weight excluding hydrogens is 331 g/mol. The second kappa shape index (κ2) is 6.02. The van der Waals surface area contributed by atoms with E-state index in [2.05, 4.69) is 15.4 Å². The van der Waals surface area contributed by atoms with Gasteiger partial charge >= 0.3 is 0 Å². The maximum atomic E-state index is 6.13. The second-order valence-corrected chi connectivity index (χ2v) is 5.67. The molecule has 21 heavy (non-hydrogen) atoms. The van der Waals surface area contributed by atoms with E-state index in [1.807, 2.05) is 18.2 Å². The lowest BCUT2D eigenvalue weighted by atomic mass is 10.2. The van der Waals surface area contributed by atoms with Crippen LogP contribution in [-0.2, 0) is 6.54 Å². The molecule has 0 bridgehead atoms. The van der Waals surface area contributed by atoms with Crippen molar-refractivity contribution < 1.29 is 0 Å². The molecule has 0 fully saturated rings. The summed E-state index contributed by atoms with van der Waals surface area (Å²) in [5, 5.41) is 14.2. The molecule has 0 unspecified atom stereocenters. The first kappa shape index (κ1) is 14.3. The summed E-state index contributed by atoms with van der Waals surface area (Å²) in [6.07, 6.45) is 0. The van der Waals surface area contributed by atoms with E-state index >= 15 is 0 Å². The molecule has 0 amide bonds. The summed E-state index contributed by atoms with van der Waals surface area (Å²) in [6.45, 7) is 0.420. The van der Waals surface area contributed by atoms with Crippen molar-refractivity contribution in [1.29, 1.82) is 0 Å². The van der Waals surface area contributed by atoms with Crippen LogP contribution in [0, 0.1) is 0 Å². The highest BCUT2D eigenvalue weighted by atomic mass is 35.5. The molecule has 0 aliphatic carbocycles. The fraction of sp³-hybridized carbons (Fsp3) is 0.0714. The van der Waals surface area contributed by atoms with Gasteiger partial charge in [0.1, 0.15) is 0 Å². The van der Waals surface area contributed by atoms with Crippen molar-refractivity contribution in [1.82, 2.24) is 20.2 Å². The Labute approximate surface area is 136 Å². The fourth-order valence-corrected chi connectivity index (χ4v) is 2.51. The molecule has 0 saturated carbocycles. The Morgan fingerprint density at radius 2 is 1.76 bits per heavy atom. The predicted molar refractivity (Wildman–Crippen MR) is 83.8 cm³/mol. The zero-order valence-electron chi connectivity index (χ0n) is 10.7. The van der Waals surface area contributed by atoms with Gasteiger partial charge in [-0.15, -0.1) is 10.2 Å². The van der Waals surface area contributed by atoms with E-state index in [4.69, 9.17) is 34.8 Å². The van der Waals surface area contributed by atoms with Crippen LogP contribution in [0.1, 0.15) is 5.56 Å². The highest BCUT2D eigenvalue weighted by Crippen LogP contribution is 2.22. The Kier molecular flexibility index (Phi) is 4.10. The van der Waals surface area contributed by atoms with E-state index in [0.29, 0.717) is 27.4 Å². The number of tetrazole rings is 1. The summed E-state index contributed by atoms with van der Waals surface area (Å²) in [6, 6.07) is 12.6. The Morgan fingerprint density at radius 3 is 2.52 bits per heavy atom. The largest absolute Gasteiger partial charge is 0.204 e. The third-order valence-electron chi connectivity index (χ3n) is 2.86. The highest BCUT2D eigenvalue weighted by molar-refractivity contribution is 6.35. The minimum absolute atomic E-state index is 0.420. The van der Waals surface area contributed by atoms with Crippen LogP contribution < -0.4 is 0 Å². The fourth-order valence-electron chi connectivity index (χ4n) is 1.86. The van der Waals surface area contributed by atoms with E-state index in [1.54, 1.807) is 24.3 Å². The third kappa shape index (κ3) is 3.35. The SMILES string of the molecule is Clc1cccc(-c2nnn(Cc3ccc(Cl)cc3Cl)n2)c1. The van der Waals surface area contributed by atoms with Gasteiger partial charge < -0.3 is 0 Å². The smallest absolute Gasteiger partial charge is 0.159 e. The molecule has 106 valence electrons. The highest BCUT2D eigenvalue weighted by Gasteiger charge is 2.08. The van der Waals surface area contributed by atoms with E-state index in [9.17, 15) is 0 Å². The molecule has 3 aromatic rings. The maximum absolute atomic E-state index is 6.13. The minimum atomic E-state index is 0.420. The Morgan fingerprint density at radius 1 is 0.952 bits per heavy atom. The first-order chi connectivity index (χ1) is 10.1. The number of nitrogens with zero attached hydrogens (tertiary/aromatic N) is 4. The van der Waals surface area contributed by atoms with Crippen molar-refractivity contribution >= 4 is 34.8 Å². The average molecular weight is 340 g/mol. The summed E-state index contributed by atoms with van der Waals surface area (Å²) in [7, 11) is 0. The van der Waals surface area contributed by atoms with Crippen LogP contribution >= 0.6 is 34.8 Å². The van der Waals surface area contributed by atoms with Crippen LogP contribution in [0.25, 0.3) is 11.4 Å². The predicted octanol–water partition coefficient (Wildman–Crippen LogP) is 4.35. The van der Waals surface area contributed by atoms with E-state index in [-0.39, 0.29) is 0 Å². The van der Waals surface area contributed by atoms with Crippen LogP contribution in [-0.4, -0.2) is 20.2 Å². The molecule has 4 nitrogen and oxygen atoms in total. The summed E-state index contributed by atoms with van der Waals surface area (Å²) in [5.74, 6) is 0.516. The van der Waals surface area contributed by atoms with Gasteiger partial charge in [0.05, 0.1) is 6.54 Å². The van der Waals surface area contributed by atoms with E-state index in [1.165, 1.54) is 4.80 Å². The molecule has 2 aromatic carbocycles. The first-order valence-electron chi connectivity index (χ1n) is 6.09. The first-order valence-corrected chi connectivity index (χ1v) is 7.23. The molecular formula is C14H9Cl3N4. The number of rotatable bonds is 3. The third-order valence-corrected chi connectivity index (χ3v) is 3.68. The Hall–Kier alpha value is -1.62. The maximum Gasteiger partial charge on any atom is 0.204 e. The molecule has 0 atom stereocenters. The Bertz CT molecular complexity index is 785. The molecule has 0 aliphatic heterocycles. The lowest BCUT2D eigenvalue weighted by Gasteiger charge is -2.03. The number of halogens is 3. The molecule has 0 radical (unpaired) electrons. The standard InChI is InChI=1S/C14H9Cl3N4/c15-11-3-1-2-9(6-11)14-18-20-21(19-14)8-10-4-5-12(16)7-13(10)17/h1-7H,8H2. The van der Waals surface area contributed by atoms with Crippen molar-refractivity contribution in [3.8, 4) is 11.4 Å². The van der Waals surface area contributed by atoms with Crippen LogP contribution in [0.2, 0.25) is 15.1 Å². The average Bonchev–Trinajstić information content (AvgIpc) is 2.91. The monoisotopic (exact) mass is 338 g/mol. The quantitative estimate of drug-likeness (QED) is 0.712. The minimum Gasteiger partial charge on any atom is -0.159 e. The van der Waals surface area contributed by atoms with Gasteiger partial charge in [0.25, 0.3) is 0 Å². The molecule has 0 aliphatic rings. The Balaban J connectivity index is 1.85. The van der Waals surface area contributed by atoms with Gasteiger partial charge in [0, 0.05) is 20.6 Å². The lowest BCUT2D eigenvalue weighted by molar-refractivity contribution is 0.573. The van der Waals surface area contributed by atoms with Crippen LogP contribution in [0.5, 0.6) is 0 Å². The van der Waals surface area contributed by atoms with Crippen molar-refractivity contribution in [2.45, 2.75) is 6.54 Å². The number of hydrogen-bond donors (Lipinski definition) is 0. The van der Waals surface area contributed by atoms with Gasteiger partial charge in [0.2, 0.25) is 5.82 Å². The summed E-state index contributed by atoms with van der Waals surface area (Å²) in [5.41, 5.74) is 1.69. The lowest BCUT2D eigenvalue weighted by Crippen LogP contribution is -2.04. The van der Waals surface area contributed by atoms with Crippen molar-refractivity contribution in [2.75, 3.05) is 0 Å². The molecule has 1 aromatic heterocycles. The van der Waals surface area contributed by atoms with Crippen LogP contribution in [0.15, 0.2) is 42.5 Å². The molecule has 0 spiro atoms. The van der Waals surface area contributed by atoms with Gasteiger partial charge in [0.15, 0.2) is 0 Å². The normalized spacial score (nSPS) is 10.8. The van der Waals surface area contributed by atoms with Crippen molar-refractivity contribution in [3.05, 3.63) is 63.1 Å².